The average Bonchev–Trinajstić information content (AvgIpc) is 2.99. The van der Waals surface area contributed by atoms with Crippen molar-refractivity contribution in [2.45, 2.75) is 26.1 Å². The van der Waals surface area contributed by atoms with Gasteiger partial charge in [-0.3, -0.25) is 19.1 Å². The Labute approximate surface area is 238 Å². The van der Waals surface area contributed by atoms with Gasteiger partial charge >= 0.3 is 0 Å². The molecule has 9 heteroatoms. The summed E-state index contributed by atoms with van der Waals surface area (Å²) in [6.45, 7) is 9.47. The number of carbonyl (C=O) groups excluding carboxylic acids is 1. The van der Waals surface area contributed by atoms with E-state index in [1.54, 1.807) is 24.4 Å². The fourth-order valence-corrected chi connectivity index (χ4v) is 4.93. The van der Waals surface area contributed by atoms with Crippen LogP contribution in [-0.2, 0) is 17.9 Å². The first-order valence-electron chi connectivity index (χ1n) is 13.5. The number of halogens is 1. The Morgan fingerprint density at radius 1 is 1.12 bits per heavy atom. The molecule has 3 heterocycles. The number of nitrogens with one attached hydrogen (secondary N) is 1. The van der Waals surface area contributed by atoms with Gasteiger partial charge in [0.05, 0.1) is 12.6 Å². The third kappa shape index (κ3) is 6.34. The van der Waals surface area contributed by atoms with Crippen LogP contribution < -0.4 is 10.9 Å². The van der Waals surface area contributed by atoms with Gasteiger partial charge in [-0.05, 0) is 42.3 Å². The van der Waals surface area contributed by atoms with Crippen molar-refractivity contribution in [2.24, 2.45) is 0 Å². The molecule has 1 aliphatic heterocycles. The van der Waals surface area contributed by atoms with E-state index in [4.69, 9.17) is 6.42 Å². The SMILES string of the molecule is C#Cc1ccc(Cn2c(=O)ccc3cnc(NC(C)c4ccc(CN5CCN(C(=O)C=C)CC5)cc4)nc32)c(F)c1. The van der Waals surface area contributed by atoms with Crippen LogP contribution in [0.3, 0.4) is 0 Å². The number of amides is 1. The Bertz CT molecular complexity index is 1680. The summed E-state index contributed by atoms with van der Waals surface area (Å²) in [5, 5.41) is 3.99. The lowest BCUT2D eigenvalue weighted by Gasteiger charge is -2.34. The van der Waals surface area contributed by atoms with Crippen molar-refractivity contribution in [1.29, 1.82) is 0 Å². The van der Waals surface area contributed by atoms with Gasteiger partial charge in [0.25, 0.3) is 5.56 Å². The number of nitrogens with zero attached hydrogens (tertiary/aromatic N) is 5. The molecule has 0 saturated carbocycles. The predicted molar refractivity (Wildman–Crippen MR) is 158 cm³/mol. The van der Waals surface area contributed by atoms with Crippen molar-refractivity contribution < 1.29 is 9.18 Å². The van der Waals surface area contributed by atoms with Gasteiger partial charge < -0.3 is 10.2 Å². The van der Waals surface area contributed by atoms with Gasteiger partial charge in [0.15, 0.2) is 0 Å². The van der Waals surface area contributed by atoms with Crippen molar-refractivity contribution in [3.8, 4) is 12.3 Å². The highest BCUT2D eigenvalue weighted by Crippen LogP contribution is 2.21. The molecule has 1 N–H and O–H groups in total. The number of terminal acetylenes is 1. The Morgan fingerprint density at radius 2 is 1.88 bits per heavy atom. The van der Waals surface area contributed by atoms with Crippen LogP contribution in [0.2, 0.25) is 0 Å². The molecule has 0 spiro atoms. The standard InChI is InChI=1S/C32H31FN6O2/c1-4-23-6-11-27(28(33)18-23)21-39-30(41)13-12-26-19-34-32(36-31(26)39)35-22(3)25-9-7-24(8-10-25)20-37-14-16-38(17-15-37)29(40)5-2/h1,5-13,18-19,22H,2,14-17,20-21H2,3H3,(H,34,35,36). The molecule has 1 atom stereocenters. The number of rotatable bonds is 8. The number of carbonyl (C=O) groups is 1. The molecule has 1 aliphatic rings. The molecular weight excluding hydrogens is 519 g/mol. The number of anilines is 1. The zero-order valence-corrected chi connectivity index (χ0v) is 22.9. The number of fused-ring (bicyclic) bond motifs is 1. The number of aromatic nitrogens is 3. The van der Waals surface area contributed by atoms with Gasteiger partial charge in [0, 0.05) is 61.5 Å². The quantitative estimate of drug-likeness (QED) is 0.264. The lowest BCUT2D eigenvalue weighted by atomic mass is 10.1. The fraction of sp³-hybridized carbons (Fsp3) is 0.250. The molecule has 0 aliphatic carbocycles. The van der Waals surface area contributed by atoms with E-state index in [-0.39, 0.29) is 24.1 Å². The summed E-state index contributed by atoms with van der Waals surface area (Å²) in [7, 11) is 0. The fourth-order valence-electron chi connectivity index (χ4n) is 4.93. The van der Waals surface area contributed by atoms with Crippen LogP contribution in [0.15, 0.2) is 78.2 Å². The Balaban J connectivity index is 1.27. The van der Waals surface area contributed by atoms with Gasteiger partial charge in [-0.15, -0.1) is 6.42 Å². The Kier molecular flexibility index (Phi) is 8.22. The van der Waals surface area contributed by atoms with Crippen molar-refractivity contribution in [3.63, 3.8) is 0 Å². The van der Waals surface area contributed by atoms with E-state index >= 15 is 0 Å². The molecule has 0 radical (unpaired) electrons. The van der Waals surface area contributed by atoms with E-state index in [9.17, 15) is 14.0 Å². The van der Waals surface area contributed by atoms with E-state index in [0.29, 0.717) is 41.2 Å². The molecule has 0 bridgehead atoms. The average molecular weight is 551 g/mol. The normalized spacial score (nSPS) is 14.4. The summed E-state index contributed by atoms with van der Waals surface area (Å²) >= 11 is 0. The number of hydrogen-bond donors (Lipinski definition) is 1. The summed E-state index contributed by atoms with van der Waals surface area (Å²) in [5.74, 6) is 2.29. The van der Waals surface area contributed by atoms with Crippen molar-refractivity contribution >= 4 is 22.9 Å². The first-order chi connectivity index (χ1) is 19.8. The smallest absolute Gasteiger partial charge is 0.252 e. The van der Waals surface area contributed by atoms with E-state index in [2.05, 4.69) is 56.9 Å². The zero-order chi connectivity index (χ0) is 28.9. The number of piperazine rings is 1. The molecule has 1 fully saturated rings. The van der Waals surface area contributed by atoms with Gasteiger partial charge in [0.1, 0.15) is 11.5 Å². The second-order valence-electron chi connectivity index (χ2n) is 10.1. The third-order valence-corrected chi connectivity index (χ3v) is 7.36. The van der Waals surface area contributed by atoms with E-state index in [0.717, 1.165) is 25.2 Å². The van der Waals surface area contributed by atoms with Crippen molar-refractivity contribution in [2.75, 3.05) is 31.5 Å². The van der Waals surface area contributed by atoms with Crippen LogP contribution in [0.1, 0.15) is 35.2 Å². The first-order valence-corrected chi connectivity index (χ1v) is 13.5. The largest absolute Gasteiger partial charge is 0.348 e. The molecule has 2 aromatic carbocycles. The van der Waals surface area contributed by atoms with E-state index in [1.807, 2.05) is 11.8 Å². The number of benzene rings is 2. The topological polar surface area (TPSA) is 83.4 Å². The summed E-state index contributed by atoms with van der Waals surface area (Å²) in [5.41, 5.74) is 3.14. The van der Waals surface area contributed by atoms with Crippen LogP contribution in [0.25, 0.3) is 11.0 Å². The van der Waals surface area contributed by atoms with Gasteiger partial charge in [0.2, 0.25) is 11.9 Å². The summed E-state index contributed by atoms with van der Waals surface area (Å²) in [4.78, 5) is 37.8. The van der Waals surface area contributed by atoms with Gasteiger partial charge in [-0.2, -0.15) is 4.98 Å². The maximum atomic E-state index is 14.6. The molecule has 41 heavy (non-hydrogen) atoms. The highest BCUT2D eigenvalue weighted by atomic mass is 19.1. The lowest BCUT2D eigenvalue weighted by Crippen LogP contribution is -2.47. The Morgan fingerprint density at radius 3 is 2.56 bits per heavy atom. The van der Waals surface area contributed by atoms with Crippen LogP contribution in [-0.4, -0.2) is 56.4 Å². The Hall–Kier alpha value is -4.81. The first kappa shape index (κ1) is 27.7. The molecule has 4 aromatic rings. The van der Waals surface area contributed by atoms with E-state index < -0.39 is 5.82 Å². The van der Waals surface area contributed by atoms with Crippen LogP contribution >= 0.6 is 0 Å². The summed E-state index contributed by atoms with van der Waals surface area (Å²) in [6.07, 6.45) is 8.39. The second kappa shape index (κ2) is 12.1. The minimum atomic E-state index is -0.473. The van der Waals surface area contributed by atoms with Crippen LogP contribution in [0.4, 0.5) is 10.3 Å². The van der Waals surface area contributed by atoms with E-state index in [1.165, 1.54) is 28.3 Å². The molecule has 208 valence electrons. The molecule has 1 saturated heterocycles. The second-order valence-corrected chi connectivity index (χ2v) is 10.1. The molecule has 8 nitrogen and oxygen atoms in total. The summed E-state index contributed by atoms with van der Waals surface area (Å²) in [6, 6.07) is 15.9. The minimum absolute atomic E-state index is 0.0138. The number of pyridine rings is 1. The van der Waals surface area contributed by atoms with Crippen LogP contribution in [0.5, 0.6) is 0 Å². The molecule has 1 amide bonds. The van der Waals surface area contributed by atoms with Gasteiger partial charge in [-0.1, -0.05) is 42.8 Å². The predicted octanol–water partition coefficient (Wildman–Crippen LogP) is 3.96. The summed E-state index contributed by atoms with van der Waals surface area (Å²) < 4.78 is 16.1. The molecule has 1 unspecified atom stereocenters. The highest BCUT2D eigenvalue weighted by Gasteiger charge is 2.19. The molecule has 2 aromatic heterocycles. The van der Waals surface area contributed by atoms with Crippen molar-refractivity contribution in [3.05, 3.63) is 112 Å². The molecule has 5 rings (SSSR count). The maximum absolute atomic E-state index is 14.6. The monoisotopic (exact) mass is 550 g/mol. The highest BCUT2D eigenvalue weighted by molar-refractivity contribution is 5.87. The minimum Gasteiger partial charge on any atom is -0.348 e. The zero-order valence-electron chi connectivity index (χ0n) is 22.9. The maximum Gasteiger partial charge on any atom is 0.252 e. The van der Waals surface area contributed by atoms with Crippen molar-refractivity contribution in [1.82, 2.24) is 24.3 Å². The molecular formula is C32H31FN6O2. The van der Waals surface area contributed by atoms with Crippen LogP contribution in [0, 0.1) is 18.2 Å². The number of hydrogen-bond acceptors (Lipinski definition) is 6. The third-order valence-electron chi connectivity index (χ3n) is 7.36. The van der Waals surface area contributed by atoms with Gasteiger partial charge in [-0.25, -0.2) is 9.37 Å². The lowest BCUT2D eigenvalue weighted by molar-refractivity contribution is -0.127.